The summed E-state index contributed by atoms with van der Waals surface area (Å²) in [6, 6.07) is 10.6. The molecule has 1 N–H and O–H groups in total. The maximum atomic E-state index is 12.9. The lowest BCUT2D eigenvalue weighted by molar-refractivity contribution is -0.139. The molecule has 0 spiro atoms. The molecule has 0 aliphatic heterocycles. The summed E-state index contributed by atoms with van der Waals surface area (Å²) in [5.74, 6) is -0.0454. The van der Waals surface area contributed by atoms with Crippen molar-refractivity contribution in [1.29, 1.82) is 0 Å². The molecule has 0 saturated heterocycles. The van der Waals surface area contributed by atoms with Crippen LogP contribution in [0.1, 0.15) is 22.3 Å². The van der Waals surface area contributed by atoms with Crippen LogP contribution in [0, 0.1) is 10.5 Å². The van der Waals surface area contributed by atoms with Crippen LogP contribution < -0.4 is 10.1 Å². The summed E-state index contributed by atoms with van der Waals surface area (Å²) in [5.41, 5.74) is 1.57. The van der Waals surface area contributed by atoms with E-state index in [1.54, 1.807) is 49.4 Å². The largest absolute Gasteiger partial charge is 0.497 e. The van der Waals surface area contributed by atoms with Crippen molar-refractivity contribution in [1.82, 2.24) is 0 Å². The topological polar surface area (TPSA) is 47.6 Å². The summed E-state index contributed by atoms with van der Waals surface area (Å²) >= 11 is 1.98. The highest BCUT2D eigenvalue weighted by atomic mass is 127. The number of aryl methyl sites for hydroxylation is 1. The van der Waals surface area contributed by atoms with Gasteiger partial charge >= 0.3 is 12.1 Å². The van der Waals surface area contributed by atoms with Crippen molar-refractivity contribution < 1.29 is 27.4 Å². The van der Waals surface area contributed by atoms with Crippen molar-refractivity contribution in [2.24, 2.45) is 0 Å². The second-order valence-electron chi connectivity index (χ2n) is 5.92. The molecule has 1 atom stereocenters. The van der Waals surface area contributed by atoms with Gasteiger partial charge in [0, 0.05) is 9.26 Å². The number of alkyl halides is 3. The maximum absolute atomic E-state index is 12.9. The van der Waals surface area contributed by atoms with E-state index < -0.39 is 31.2 Å². The van der Waals surface area contributed by atoms with E-state index in [1.807, 2.05) is 22.6 Å². The molecular formula is C19H19F3INO3. The van der Waals surface area contributed by atoms with Crippen molar-refractivity contribution in [3.05, 3.63) is 57.2 Å². The van der Waals surface area contributed by atoms with Gasteiger partial charge in [0.1, 0.15) is 12.4 Å². The molecular weight excluding hydrogens is 474 g/mol. The summed E-state index contributed by atoms with van der Waals surface area (Å²) in [4.78, 5) is 12.2. The SMILES string of the molecule is COc1ccc(NC(COC(=O)c2ccccc2I)CC(F)(F)F)c(C)c1. The fourth-order valence-electron chi connectivity index (χ4n) is 2.46. The number of hydrogen-bond acceptors (Lipinski definition) is 4. The van der Waals surface area contributed by atoms with Crippen LogP contribution in [0.3, 0.4) is 0 Å². The van der Waals surface area contributed by atoms with Crippen LogP contribution >= 0.6 is 22.6 Å². The van der Waals surface area contributed by atoms with Gasteiger partial charge in [-0.25, -0.2) is 4.79 Å². The number of ether oxygens (including phenoxy) is 2. The van der Waals surface area contributed by atoms with Gasteiger partial charge in [-0.05, 0) is 65.4 Å². The Bertz CT molecular complexity index is 796. The van der Waals surface area contributed by atoms with Gasteiger partial charge in [0.25, 0.3) is 0 Å². The Morgan fingerprint density at radius 3 is 2.52 bits per heavy atom. The molecule has 146 valence electrons. The molecule has 4 nitrogen and oxygen atoms in total. The van der Waals surface area contributed by atoms with Gasteiger partial charge in [0.2, 0.25) is 0 Å². The molecule has 2 rings (SSSR count). The number of halogens is 4. The number of esters is 1. The molecule has 2 aromatic carbocycles. The van der Waals surface area contributed by atoms with Gasteiger partial charge in [0.15, 0.2) is 0 Å². The summed E-state index contributed by atoms with van der Waals surface area (Å²) in [7, 11) is 1.51. The highest BCUT2D eigenvalue weighted by Gasteiger charge is 2.33. The Hall–Kier alpha value is -1.97. The van der Waals surface area contributed by atoms with Gasteiger partial charge in [-0.2, -0.15) is 13.2 Å². The maximum Gasteiger partial charge on any atom is 0.391 e. The molecule has 0 saturated carbocycles. The predicted molar refractivity (Wildman–Crippen MR) is 105 cm³/mol. The van der Waals surface area contributed by atoms with Gasteiger partial charge < -0.3 is 14.8 Å². The van der Waals surface area contributed by atoms with Gasteiger partial charge in [-0.1, -0.05) is 12.1 Å². The van der Waals surface area contributed by atoms with E-state index in [4.69, 9.17) is 9.47 Å². The number of benzene rings is 2. The number of anilines is 1. The van der Waals surface area contributed by atoms with E-state index in [0.29, 0.717) is 20.6 Å². The Balaban J connectivity index is 2.10. The first-order valence-corrected chi connectivity index (χ1v) is 9.17. The first-order chi connectivity index (χ1) is 12.7. The van der Waals surface area contributed by atoms with Crippen LogP contribution in [0.2, 0.25) is 0 Å². The molecule has 0 heterocycles. The lowest BCUT2D eigenvalue weighted by Crippen LogP contribution is -2.32. The first-order valence-electron chi connectivity index (χ1n) is 8.09. The van der Waals surface area contributed by atoms with Crippen LogP contribution in [0.4, 0.5) is 18.9 Å². The van der Waals surface area contributed by atoms with E-state index in [9.17, 15) is 18.0 Å². The number of nitrogens with one attached hydrogen (secondary N) is 1. The van der Waals surface area contributed by atoms with Crippen LogP contribution in [0.5, 0.6) is 5.75 Å². The van der Waals surface area contributed by atoms with Crippen LogP contribution in [0.15, 0.2) is 42.5 Å². The highest BCUT2D eigenvalue weighted by molar-refractivity contribution is 14.1. The monoisotopic (exact) mass is 493 g/mol. The van der Waals surface area contributed by atoms with E-state index in [2.05, 4.69) is 5.32 Å². The van der Waals surface area contributed by atoms with Gasteiger partial charge in [-0.15, -0.1) is 0 Å². The number of methoxy groups -OCH3 is 1. The third-order valence-corrected chi connectivity index (χ3v) is 4.72. The van der Waals surface area contributed by atoms with Gasteiger partial charge in [0.05, 0.1) is 25.1 Å². The molecule has 0 radical (unpaired) electrons. The number of hydrogen-bond donors (Lipinski definition) is 1. The smallest absolute Gasteiger partial charge is 0.391 e. The van der Waals surface area contributed by atoms with Crippen molar-refractivity contribution in [2.75, 3.05) is 19.0 Å². The average Bonchev–Trinajstić information content (AvgIpc) is 2.60. The zero-order chi connectivity index (χ0) is 20.0. The fourth-order valence-corrected chi connectivity index (χ4v) is 3.06. The molecule has 0 aromatic heterocycles. The second kappa shape index (κ2) is 9.29. The quantitative estimate of drug-likeness (QED) is 0.426. The average molecular weight is 493 g/mol. The number of carbonyl (C=O) groups excluding carboxylic acids is 1. The fraction of sp³-hybridized carbons (Fsp3) is 0.316. The zero-order valence-corrected chi connectivity index (χ0v) is 16.9. The minimum atomic E-state index is -4.40. The molecule has 0 aliphatic rings. The van der Waals surface area contributed by atoms with Crippen LogP contribution in [0.25, 0.3) is 0 Å². The molecule has 0 aliphatic carbocycles. The van der Waals surface area contributed by atoms with E-state index >= 15 is 0 Å². The minimum Gasteiger partial charge on any atom is -0.497 e. The lowest BCUT2D eigenvalue weighted by atomic mass is 10.1. The third kappa shape index (κ3) is 6.60. The van der Waals surface area contributed by atoms with E-state index in [-0.39, 0.29) is 0 Å². The normalized spacial score (nSPS) is 12.4. The Morgan fingerprint density at radius 1 is 1.22 bits per heavy atom. The molecule has 8 heteroatoms. The van der Waals surface area contributed by atoms with Gasteiger partial charge in [-0.3, -0.25) is 0 Å². The standard InChI is InChI=1S/C19H19F3INO3/c1-12-9-14(26-2)7-8-17(12)24-13(10-19(20,21)22)11-27-18(25)15-5-3-4-6-16(15)23/h3-9,13,24H,10-11H2,1-2H3. The summed E-state index contributed by atoms with van der Waals surface area (Å²) in [6.45, 7) is 1.35. The van der Waals surface area contributed by atoms with Crippen LogP contribution in [-0.4, -0.2) is 31.9 Å². The third-order valence-electron chi connectivity index (χ3n) is 3.78. The molecule has 27 heavy (non-hydrogen) atoms. The van der Waals surface area contributed by atoms with E-state index in [1.165, 1.54) is 7.11 Å². The molecule has 1 unspecified atom stereocenters. The molecule has 0 fully saturated rings. The number of rotatable bonds is 7. The summed E-state index contributed by atoms with van der Waals surface area (Å²) in [5, 5.41) is 2.82. The van der Waals surface area contributed by atoms with Crippen molar-refractivity contribution in [2.45, 2.75) is 25.6 Å². The Kier molecular flexibility index (Phi) is 7.34. The number of carbonyl (C=O) groups is 1. The Morgan fingerprint density at radius 2 is 1.93 bits per heavy atom. The van der Waals surface area contributed by atoms with Crippen molar-refractivity contribution >= 4 is 34.2 Å². The van der Waals surface area contributed by atoms with Crippen molar-refractivity contribution in [3.8, 4) is 5.75 Å². The predicted octanol–water partition coefficient (Wildman–Crippen LogP) is 5.20. The minimum absolute atomic E-state index is 0.324. The van der Waals surface area contributed by atoms with E-state index in [0.717, 1.165) is 5.56 Å². The highest BCUT2D eigenvalue weighted by Crippen LogP contribution is 2.27. The lowest BCUT2D eigenvalue weighted by Gasteiger charge is -2.22. The molecule has 0 bridgehead atoms. The summed E-state index contributed by atoms with van der Waals surface area (Å²) in [6.07, 6.45) is -5.52. The van der Waals surface area contributed by atoms with Crippen molar-refractivity contribution in [3.63, 3.8) is 0 Å². The molecule has 2 aromatic rings. The summed E-state index contributed by atoms with van der Waals surface area (Å²) < 4.78 is 49.7. The zero-order valence-electron chi connectivity index (χ0n) is 14.8. The molecule has 0 amide bonds. The Labute approximate surface area is 169 Å². The van der Waals surface area contributed by atoms with Crippen LogP contribution in [-0.2, 0) is 4.74 Å². The second-order valence-corrected chi connectivity index (χ2v) is 7.08. The first kappa shape index (κ1) is 21.3.